The molecule has 0 saturated carbocycles. The number of hydrogen-bond acceptors (Lipinski definition) is 5. The van der Waals surface area contributed by atoms with Gasteiger partial charge in [0.15, 0.2) is 0 Å². The molecule has 8 heteroatoms. The van der Waals surface area contributed by atoms with Gasteiger partial charge in [-0.3, -0.25) is 14.2 Å². The van der Waals surface area contributed by atoms with Crippen molar-refractivity contribution in [3.63, 3.8) is 0 Å². The zero-order valence-electron chi connectivity index (χ0n) is 17.6. The Balaban J connectivity index is 2.05. The number of aryl methyl sites for hydroxylation is 1. The van der Waals surface area contributed by atoms with Gasteiger partial charge in [0.1, 0.15) is 17.2 Å². The SMILES string of the molecule is Cc1cccc(C(C)C)c1NC(=O)Cn1c(C(C)C)nc2scc(C(=O)O)c2c1=O. The summed E-state index contributed by atoms with van der Waals surface area (Å²) < 4.78 is 1.29. The van der Waals surface area contributed by atoms with Crippen molar-refractivity contribution in [2.24, 2.45) is 0 Å². The van der Waals surface area contributed by atoms with Gasteiger partial charge in [-0.05, 0) is 24.0 Å². The summed E-state index contributed by atoms with van der Waals surface area (Å²) in [5.41, 5.74) is 2.10. The zero-order valence-corrected chi connectivity index (χ0v) is 18.5. The Kier molecular flexibility index (Phi) is 6.07. The van der Waals surface area contributed by atoms with E-state index >= 15 is 0 Å². The lowest BCUT2D eigenvalue weighted by Gasteiger charge is -2.18. The summed E-state index contributed by atoms with van der Waals surface area (Å²) >= 11 is 1.12. The fourth-order valence-corrected chi connectivity index (χ4v) is 4.37. The van der Waals surface area contributed by atoms with E-state index < -0.39 is 11.5 Å². The van der Waals surface area contributed by atoms with Gasteiger partial charge in [-0.1, -0.05) is 45.9 Å². The van der Waals surface area contributed by atoms with Gasteiger partial charge < -0.3 is 10.4 Å². The quantitative estimate of drug-likeness (QED) is 0.609. The van der Waals surface area contributed by atoms with E-state index in [9.17, 15) is 19.5 Å². The van der Waals surface area contributed by atoms with Crippen molar-refractivity contribution in [3.05, 3.63) is 56.4 Å². The highest BCUT2D eigenvalue weighted by atomic mass is 32.1. The maximum Gasteiger partial charge on any atom is 0.337 e. The standard InChI is InChI=1S/C22H25N3O4S/c1-11(2)14-8-6-7-13(5)18(14)23-16(26)9-25-19(12(3)4)24-20-17(21(25)27)15(10-30-20)22(28)29/h6-8,10-12H,9H2,1-5H3,(H,23,26)(H,28,29). The highest BCUT2D eigenvalue weighted by Crippen LogP contribution is 2.28. The van der Waals surface area contributed by atoms with E-state index in [1.807, 2.05) is 52.8 Å². The molecule has 0 atom stereocenters. The summed E-state index contributed by atoms with van der Waals surface area (Å²) in [6.07, 6.45) is 0. The minimum absolute atomic E-state index is 0.0449. The molecule has 7 nitrogen and oxygen atoms in total. The van der Waals surface area contributed by atoms with Gasteiger partial charge in [-0.15, -0.1) is 11.3 Å². The van der Waals surface area contributed by atoms with Gasteiger partial charge in [0.25, 0.3) is 5.56 Å². The first-order chi connectivity index (χ1) is 14.1. The van der Waals surface area contributed by atoms with Crippen LogP contribution in [0.5, 0.6) is 0 Å². The molecule has 3 rings (SSSR count). The molecule has 0 saturated heterocycles. The smallest absolute Gasteiger partial charge is 0.337 e. The number of carboxylic acid groups (broad SMARTS) is 1. The molecule has 0 fully saturated rings. The monoisotopic (exact) mass is 427 g/mol. The number of carbonyl (C=O) groups excluding carboxylic acids is 1. The number of fused-ring (bicyclic) bond motifs is 1. The van der Waals surface area contributed by atoms with Gasteiger partial charge >= 0.3 is 5.97 Å². The molecule has 158 valence electrons. The average molecular weight is 428 g/mol. The molecule has 0 spiro atoms. The molecule has 1 amide bonds. The first-order valence-corrected chi connectivity index (χ1v) is 10.6. The van der Waals surface area contributed by atoms with Crippen LogP contribution in [0, 0.1) is 6.92 Å². The van der Waals surface area contributed by atoms with Gasteiger partial charge in [0, 0.05) is 17.0 Å². The average Bonchev–Trinajstić information content (AvgIpc) is 3.09. The predicted octanol–water partition coefficient (Wildman–Crippen LogP) is 4.35. The second kappa shape index (κ2) is 8.39. The Morgan fingerprint density at radius 3 is 2.50 bits per heavy atom. The number of aromatic nitrogens is 2. The van der Waals surface area contributed by atoms with Crippen molar-refractivity contribution < 1.29 is 14.7 Å². The van der Waals surface area contributed by atoms with Gasteiger partial charge in [0.05, 0.1) is 10.9 Å². The van der Waals surface area contributed by atoms with Crippen molar-refractivity contribution in [2.75, 3.05) is 5.32 Å². The largest absolute Gasteiger partial charge is 0.478 e. The number of anilines is 1. The lowest BCUT2D eigenvalue weighted by molar-refractivity contribution is -0.116. The second-order valence-corrected chi connectivity index (χ2v) is 8.75. The normalized spacial score (nSPS) is 11.4. The summed E-state index contributed by atoms with van der Waals surface area (Å²) in [6.45, 7) is 9.54. The van der Waals surface area contributed by atoms with E-state index in [4.69, 9.17) is 0 Å². The molecule has 0 aliphatic heterocycles. The minimum atomic E-state index is -1.19. The number of aromatic carboxylic acids is 1. The summed E-state index contributed by atoms with van der Waals surface area (Å²) in [7, 11) is 0. The van der Waals surface area contributed by atoms with Gasteiger partial charge in [-0.25, -0.2) is 9.78 Å². The first kappa shape index (κ1) is 21.7. The lowest BCUT2D eigenvalue weighted by Crippen LogP contribution is -2.32. The van der Waals surface area contributed by atoms with E-state index in [0.29, 0.717) is 10.7 Å². The summed E-state index contributed by atoms with van der Waals surface area (Å²) in [5, 5.41) is 13.8. The number of carbonyl (C=O) groups is 2. The third-order valence-corrected chi connectivity index (χ3v) is 5.84. The van der Waals surface area contributed by atoms with Gasteiger partial charge in [0.2, 0.25) is 5.91 Å². The van der Waals surface area contributed by atoms with Crippen LogP contribution in [0.25, 0.3) is 10.2 Å². The zero-order chi connectivity index (χ0) is 22.2. The third kappa shape index (κ3) is 4.00. The lowest BCUT2D eigenvalue weighted by atomic mass is 9.98. The van der Waals surface area contributed by atoms with Crippen LogP contribution in [0.3, 0.4) is 0 Å². The molecule has 0 unspecified atom stereocenters. The van der Waals surface area contributed by atoms with Crippen molar-refractivity contribution in [3.8, 4) is 0 Å². The van der Waals surface area contributed by atoms with Crippen molar-refractivity contribution in [1.29, 1.82) is 0 Å². The van der Waals surface area contributed by atoms with Crippen LogP contribution in [-0.4, -0.2) is 26.5 Å². The van der Waals surface area contributed by atoms with Crippen LogP contribution >= 0.6 is 11.3 Å². The molecule has 0 radical (unpaired) electrons. The molecule has 1 aromatic carbocycles. The van der Waals surface area contributed by atoms with E-state index in [1.165, 1.54) is 9.95 Å². The second-order valence-electron chi connectivity index (χ2n) is 7.89. The number of amides is 1. The Morgan fingerprint density at radius 2 is 1.90 bits per heavy atom. The Morgan fingerprint density at radius 1 is 1.20 bits per heavy atom. The number of hydrogen-bond donors (Lipinski definition) is 2. The molecular formula is C22H25N3O4S. The van der Waals surface area contributed by atoms with Crippen LogP contribution in [-0.2, 0) is 11.3 Å². The highest BCUT2D eigenvalue weighted by Gasteiger charge is 2.22. The van der Waals surface area contributed by atoms with Crippen LogP contribution in [0.2, 0.25) is 0 Å². The van der Waals surface area contributed by atoms with Crippen LogP contribution in [0.15, 0.2) is 28.4 Å². The minimum Gasteiger partial charge on any atom is -0.478 e. The first-order valence-electron chi connectivity index (χ1n) is 9.76. The molecule has 2 heterocycles. The maximum absolute atomic E-state index is 13.2. The molecule has 2 N–H and O–H groups in total. The van der Waals surface area contributed by atoms with Crippen LogP contribution < -0.4 is 10.9 Å². The molecule has 0 aliphatic carbocycles. The van der Waals surface area contributed by atoms with E-state index in [2.05, 4.69) is 10.3 Å². The summed E-state index contributed by atoms with van der Waals surface area (Å²) in [5.74, 6) is -0.986. The third-order valence-electron chi connectivity index (χ3n) is 4.96. The van der Waals surface area contributed by atoms with E-state index in [1.54, 1.807) is 0 Å². The van der Waals surface area contributed by atoms with Crippen molar-refractivity contribution in [1.82, 2.24) is 9.55 Å². The van der Waals surface area contributed by atoms with Crippen molar-refractivity contribution >= 4 is 39.1 Å². The Labute approximate surface area is 178 Å². The van der Waals surface area contributed by atoms with E-state index in [0.717, 1.165) is 28.2 Å². The molecule has 30 heavy (non-hydrogen) atoms. The predicted molar refractivity (Wildman–Crippen MR) is 119 cm³/mol. The molecule has 3 aromatic rings. The van der Waals surface area contributed by atoms with Crippen LogP contribution in [0.4, 0.5) is 5.69 Å². The number of para-hydroxylation sites is 1. The Hall–Kier alpha value is -3.00. The van der Waals surface area contributed by atoms with Crippen LogP contribution in [0.1, 0.15) is 66.8 Å². The number of rotatable bonds is 6. The molecular weight excluding hydrogens is 402 g/mol. The highest BCUT2D eigenvalue weighted by molar-refractivity contribution is 7.17. The van der Waals surface area contributed by atoms with Gasteiger partial charge in [-0.2, -0.15) is 0 Å². The number of nitrogens with zero attached hydrogens (tertiary/aromatic N) is 2. The summed E-state index contributed by atoms with van der Waals surface area (Å²) in [6, 6.07) is 5.84. The number of carboxylic acids is 1. The number of nitrogens with one attached hydrogen (secondary N) is 1. The number of thiophene rings is 1. The van der Waals surface area contributed by atoms with E-state index in [-0.39, 0.29) is 35.2 Å². The summed E-state index contributed by atoms with van der Waals surface area (Å²) in [4.78, 5) is 42.5. The molecule has 0 bridgehead atoms. The Bertz CT molecular complexity index is 1190. The maximum atomic E-state index is 13.2. The molecule has 0 aliphatic rings. The van der Waals surface area contributed by atoms with Crippen molar-refractivity contribution in [2.45, 2.75) is 53.0 Å². The molecule has 2 aromatic heterocycles. The number of benzene rings is 1. The topological polar surface area (TPSA) is 101 Å². The fourth-order valence-electron chi connectivity index (χ4n) is 3.46. The fraction of sp³-hybridized carbons (Fsp3) is 0.364.